The van der Waals surface area contributed by atoms with E-state index in [1.807, 2.05) is 32.4 Å². The van der Waals surface area contributed by atoms with Gasteiger partial charge in [0.05, 0.1) is 17.7 Å². The Bertz CT molecular complexity index is 1680. The van der Waals surface area contributed by atoms with E-state index in [0.29, 0.717) is 42.1 Å². The molecule has 4 aliphatic carbocycles. The summed E-state index contributed by atoms with van der Waals surface area (Å²) in [5.41, 5.74) is 6.00. The Balaban J connectivity index is 0.000000172. The molecule has 4 aromatic rings. The topological polar surface area (TPSA) is 95.8 Å². The van der Waals surface area contributed by atoms with E-state index < -0.39 is 0 Å². The fourth-order valence-corrected chi connectivity index (χ4v) is 7.36. The average molecular weight is 900 g/mol. The van der Waals surface area contributed by atoms with Gasteiger partial charge in [-0.2, -0.15) is 22.8 Å². The molecule has 0 bridgehead atoms. The van der Waals surface area contributed by atoms with E-state index in [-0.39, 0.29) is 0 Å². The fourth-order valence-electron chi connectivity index (χ4n) is 7.06. The number of pyridine rings is 2. The van der Waals surface area contributed by atoms with E-state index in [0.717, 1.165) is 35.0 Å². The van der Waals surface area contributed by atoms with Crippen molar-refractivity contribution in [2.24, 2.45) is 11.8 Å². The van der Waals surface area contributed by atoms with E-state index in [9.17, 15) is 0 Å². The Hall–Kier alpha value is -2.36. The van der Waals surface area contributed by atoms with Gasteiger partial charge in [-0.25, -0.2) is 9.97 Å². The van der Waals surface area contributed by atoms with Gasteiger partial charge in [-0.15, -0.1) is 0 Å². The number of aromatic nitrogens is 6. The number of nitrogens with zero attached hydrogens (tertiary/aromatic N) is 6. The molecule has 8 rings (SSSR count). The first-order chi connectivity index (χ1) is 25.8. The van der Waals surface area contributed by atoms with Crippen molar-refractivity contribution >= 4 is 29.6 Å². The Morgan fingerprint density at radius 2 is 1.15 bits per heavy atom. The van der Waals surface area contributed by atoms with Gasteiger partial charge in [0, 0.05) is 65.4 Å². The predicted octanol–water partition coefficient (Wildman–Crippen LogP) is 11.1. The molecule has 4 aromatic heterocycles. The quantitative estimate of drug-likeness (QED) is 0.121. The summed E-state index contributed by atoms with van der Waals surface area (Å²) in [5.74, 6) is 5.69. The Morgan fingerprint density at radius 3 is 1.64 bits per heavy atom. The first-order valence-corrected chi connectivity index (χ1v) is 27.1. The van der Waals surface area contributed by atoms with Crippen molar-refractivity contribution in [1.82, 2.24) is 29.9 Å². The molecule has 0 aliphatic heterocycles. The van der Waals surface area contributed by atoms with Crippen molar-refractivity contribution in [1.29, 1.82) is 0 Å². The predicted molar refractivity (Wildman–Crippen MR) is 214 cm³/mol. The van der Waals surface area contributed by atoms with Crippen LogP contribution < -0.4 is 9.47 Å². The van der Waals surface area contributed by atoms with Gasteiger partial charge in [0.15, 0.2) is 0 Å². The third-order valence-corrected chi connectivity index (χ3v) is 11.0. The second kappa shape index (κ2) is 21.7. The molecule has 4 heterocycles. The SMILES string of the molecule is Cc1ccc([C@H]2C[C@@H]2COc2nc(C)ncc2Br)nc1.Cc1ccc([C@H]2C[C@@H]2COc2nc(C)ncc2C2CCCCC2)nc1.[CH-]1CCCCC1.[Zn+][Br]. The van der Waals surface area contributed by atoms with Gasteiger partial charge >= 0.3 is 30.0 Å². The van der Waals surface area contributed by atoms with Crippen LogP contribution in [0.25, 0.3) is 0 Å². The molecule has 4 fully saturated rings. The molecule has 11 heteroatoms. The third-order valence-electron chi connectivity index (χ3n) is 10.4. The molecule has 280 valence electrons. The summed E-state index contributed by atoms with van der Waals surface area (Å²) in [6.07, 6.45) is 25.9. The zero-order valence-corrected chi connectivity index (χ0v) is 38.1. The second-order valence-corrected chi connectivity index (χ2v) is 15.7. The minimum absolute atomic E-state index is 0.525. The summed E-state index contributed by atoms with van der Waals surface area (Å²) in [6.45, 7) is 9.34. The number of rotatable bonds is 9. The summed E-state index contributed by atoms with van der Waals surface area (Å²) in [5, 5.41) is 0. The first kappa shape index (κ1) is 41.8. The molecule has 4 aliphatic rings. The minimum atomic E-state index is 0.525. The van der Waals surface area contributed by atoms with E-state index >= 15 is 0 Å². The Labute approximate surface area is 342 Å². The van der Waals surface area contributed by atoms with Crippen molar-refractivity contribution in [2.75, 3.05) is 13.2 Å². The van der Waals surface area contributed by atoms with Gasteiger partial charge in [-0.1, -0.05) is 50.7 Å². The van der Waals surface area contributed by atoms with Crippen LogP contribution in [0, 0.1) is 46.0 Å². The zero-order chi connectivity index (χ0) is 37.6. The van der Waals surface area contributed by atoms with E-state index in [4.69, 9.17) is 9.47 Å². The summed E-state index contributed by atoms with van der Waals surface area (Å²) < 4.78 is 12.8. The van der Waals surface area contributed by atoms with E-state index in [1.165, 1.54) is 115 Å². The summed E-state index contributed by atoms with van der Waals surface area (Å²) >= 11 is 7.66. The number of aryl methyl sites for hydroxylation is 4. The zero-order valence-electron chi connectivity index (χ0n) is 31.9. The Kier molecular flexibility index (Phi) is 17.1. The van der Waals surface area contributed by atoms with Gasteiger partial charge in [-0.3, -0.25) is 9.97 Å². The molecular formula is C42H54Br2N6O2Zn. The molecule has 0 spiro atoms. The molecule has 4 atom stereocenters. The maximum absolute atomic E-state index is 6.19. The average Bonchev–Trinajstić information content (AvgIpc) is 4.14. The molecule has 0 aromatic carbocycles. The van der Waals surface area contributed by atoms with Crippen LogP contribution in [0.3, 0.4) is 0 Å². The van der Waals surface area contributed by atoms with Crippen molar-refractivity contribution in [3.05, 3.63) is 99.7 Å². The molecule has 4 saturated carbocycles. The molecule has 0 unspecified atom stereocenters. The van der Waals surface area contributed by atoms with Crippen LogP contribution in [0.1, 0.15) is 135 Å². The Morgan fingerprint density at radius 1 is 0.642 bits per heavy atom. The third kappa shape index (κ3) is 13.4. The summed E-state index contributed by atoms with van der Waals surface area (Å²) in [6, 6.07) is 8.53. The molecule has 0 saturated heterocycles. The van der Waals surface area contributed by atoms with Gasteiger partial charge in [0.2, 0.25) is 11.8 Å². The standard InChI is InChI=1S/C21H27N3O.C15H16BrN3O.C6H11.BrH.Zn/c1-14-8-9-20(23-11-14)18-10-17(18)13-25-21-19(12-22-15(2)24-21)16-6-4-3-5-7-16;1-9-3-4-14(18-6-9)12-5-11(12)8-20-15-13(16)7-17-10(2)19-15;1-2-4-6-5-3-1;;/h8-9,11-12,16-18H,3-7,10,13H2,1-2H3;3-4,6-7,11-12H,5,8H2,1-2H3;1H,2-6H2;1H;/q;;-1;;+2/p-1/t17-,18+;11-,12+;;;/m11.../s1. The maximum atomic E-state index is 6.19. The molecule has 8 nitrogen and oxygen atoms in total. The van der Waals surface area contributed by atoms with Crippen LogP contribution in [0.2, 0.25) is 0 Å². The van der Waals surface area contributed by atoms with Crippen molar-refractivity contribution in [3.63, 3.8) is 0 Å². The van der Waals surface area contributed by atoms with Gasteiger partial charge in [0.25, 0.3) is 0 Å². The van der Waals surface area contributed by atoms with Gasteiger partial charge in [0.1, 0.15) is 11.6 Å². The summed E-state index contributed by atoms with van der Waals surface area (Å²) in [7, 11) is 0. The normalized spacial score (nSPS) is 21.7. The number of halogens is 2. The monoisotopic (exact) mass is 896 g/mol. The van der Waals surface area contributed by atoms with E-state index in [2.05, 4.69) is 104 Å². The molecule has 0 radical (unpaired) electrons. The molecule has 0 N–H and O–H groups in total. The van der Waals surface area contributed by atoms with Crippen LogP contribution in [0.15, 0.2) is 53.5 Å². The fraction of sp³-hybridized carbons (Fsp3) is 0.548. The van der Waals surface area contributed by atoms with Gasteiger partial charge < -0.3 is 15.9 Å². The number of hydrogen-bond donors (Lipinski definition) is 0. The number of ether oxygens (including phenoxy) is 2. The van der Waals surface area contributed by atoms with Crippen molar-refractivity contribution in [2.45, 2.75) is 122 Å². The van der Waals surface area contributed by atoms with Crippen LogP contribution in [-0.2, 0) is 16.3 Å². The first-order valence-electron chi connectivity index (χ1n) is 19.4. The van der Waals surface area contributed by atoms with Crippen LogP contribution in [-0.4, -0.2) is 43.1 Å². The van der Waals surface area contributed by atoms with E-state index in [1.54, 1.807) is 6.20 Å². The summed E-state index contributed by atoms with van der Waals surface area (Å²) in [4.78, 5) is 26.5. The second-order valence-electron chi connectivity index (χ2n) is 14.9. The molecule has 53 heavy (non-hydrogen) atoms. The van der Waals surface area contributed by atoms with Crippen molar-refractivity contribution in [3.8, 4) is 11.8 Å². The van der Waals surface area contributed by atoms with Crippen LogP contribution in [0.5, 0.6) is 11.8 Å². The van der Waals surface area contributed by atoms with Crippen molar-refractivity contribution < 1.29 is 25.8 Å². The molecular weight excluding hydrogens is 846 g/mol. The number of hydrogen-bond acceptors (Lipinski definition) is 8. The molecule has 0 amide bonds. The van der Waals surface area contributed by atoms with Crippen LogP contribution in [0.4, 0.5) is 0 Å². The van der Waals surface area contributed by atoms with Crippen LogP contribution >= 0.6 is 29.6 Å². The van der Waals surface area contributed by atoms with Gasteiger partial charge in [-0.05, 0) is 98.5 Å².